The number of rotatable bonds is 5. The van der Waals surface area contributed by atoms with Crippen molar-refractivity contribution in [2.45, 2.75) is 18.7 Å². The zero-order valence-corrected chi connectivity index (χ0v) is 12.3. The van der Waals surface area contributed by atoms with Gasteiger partial charge in [-0.2, -0.15) is 5.10 Å². The number of ether oxygens (including phenoxy) is 1. The molecule has 1 aromatic heterocycles. The predicted octanol–water partition coefficient (Wildman–Crippen LogP) is 0.810. The molecule has 0 spiro atoms. The molecular weight excluding hydrogens is 280 g/mol. The lowest BCUT2D eigenvalue weighted by Crippen LogP contribution is -2.49. The fourth-order valence-corrected chi connectivity index (χ4v) is 2.89. The van der Waals surface area contributed by atoms with Crippen LogP contribution in [0.5, 0.6) is 0 Å². The van der Waals surface area contributed by atoms with Crippen LogP contribution < -0.4 is 5.73 Å². The van der Waals surface area contributed by atoms with E-state index in [0.29, 0.717) is 26.2 Å². The molecule has 1 saturated heterocycles. The first-order valence-corrected chi connectivity index (χ1v) is 7.41. The molecule has 2 atom stereocenters. The first-order chi connectivity index (χ1) is 10.7. The molecule has 0 radical (unpaired) electrons. The van der Waals surface area contributed by atoms with E-state index in [1.165, 1.54) is 0 Å². The number of amides is 1. The Morgan fingerprint density at radius 1 is 1.36 bits per heavy atom. The van der Waals surface area contributed by atoms with Crippen LogP contribution in [0, 0.1) is 0 Å². The number of morpholine rings is 1. The Balaban J connectivity index is 1.73. The third-order valence-electron chi connectivity index (χ3n) is 3.87. The van der Waals surface area contributed by atoms with E-state index in [4.69, 9.17) is 10.5 Å². The molecule has 116 valence electrons. The van der Waals surface area contributed by atoms with Crippen molar-refractivity contribution < 1.29 is 9.53 Å². The topological polar surface area (TPSA) is 73.4 Å². The van der Waals surface area contributed by atoms with E-state index < -0.39 is 6.04 Å². The van der Waals surface area contributed by atoms with Crippen molar-refractivity contribution in [3.63, 3.8) is 0 Å². The molecule has 1 aliphatic rings. The summed E-state index contributed by atoms with van der Waals surface area (Å²) in [6, 6.07) is 11.1. The maximum Gasteiger partial charge on any atom is 0.239 e. The molecule has 1 aliphatic heterocycles. The summed E-state index contributed by atoms with van der Waals surface area (Å²) in [4.78, 5) is 14.0. The summed E-state index contributed by atoms with van der Waals surface area (Å²) >= 11 is 0. The lowest BCUT2D eigenvalue weighted by atomic mass is 10.0. The first-order valence-electron chi connectivity index (χ1n) is 7.41. The van der Waals surface area contributed by atoms with Crippen molar-refractivity contribution in [1.82, 2.24) is 14.7 Å². The van der Waals surface area contributed by atoms with Crippen LogP contribution in [0.1, 0.15) is 11.6 Å². The molecule has 2 N–H and O–H groups in total. The molecule has 2 heterocycles. The number of nitrogens with two attached hydrogens (primary N) is 1. The second kappa shape index (κ2) is 6.72. The number of nitrogens with zero attached hydrogens (tertiary/aromatic N) is 3. The van der Waals surface area contributed by atoms with E-state index in [0.717, 1.165) is 5.56 Å². The molecule has 1 fully saturated rings. The summed E-state index contributed by atoms with van der Waals surface area (Å²) in [5.41, 5.74) is 6.57. The smallest absolute Gasteiger partial charge is 0.239 e. The minimum Gasteiger partial charge on any atom is -0.374 e. The maximum absolute atomic E-state index is 11.9. The lowest BCUT2D eigenvalue weighted by molar-refractivity contribution is -0.127. The van der Waals surface area contributed by atoms with Crippen molar-refractivity contribution in [3.8, 4) is 0 Å². The molecule has 6 heteroatoms. The predicted molar refractivity (Wildman–Crippen MR) is 81.9 cm³/mol. The van der Waals surface area contributed by atoms with Gasteiger partial charge < -0.3 is 10.5 Å². The number of benzene rings is 1. The molecule has 0 saturated carbocycles. The van der Waals surface area contributed by atoms with Crippen LogP contribution in [0.3, 0.4) is 0 Å². The normalized spacial score (nSPS) is 20.6. The van der Waals surface area contributed by atoms with E-state index in [1.807, 2.05) is 47.3 Å². The number of carbonyl (C=O) groups excluding carboxylic acids is 1. The van der Waals surface area contributed by atoms with Gasteiger partial charge in [0.15, 0.2) is 0 Å². The minimum absolute atomic E-state index is 0.000729. The molecule has 22 heavy (non-hydrogen) atoms. The third-order valence-corrected chi connectivity index (χ3v) is 3.87. The molecule has 6 nitrogen and oxygen atoms in total. The molecule has 0 aliphatic carbocycles. The summed E-state index contributed by atoms with van der Waals surface area (Å²) in [7, 11) is 0. The number of aromatic nitrogens is 2. The maximum atomic E-state index is 11.9. The number of hydrogen-bond acceptors (Lipinski definition) is 4. The summed E-state index contributed by atoms with van der Waals surface area (Å²) in [6.45, 7) is 2.60. The van der Waals surface area contributed by atoms with Gasteiger partial charge in [-0.25, -0.2) is 0 Å². The number of hydrogen-bond donors (Lipinski definition) is 1. The molecule has 3 rings (SSSR count). The highest BCUT2D eigenvalue weighted by atomic mass is 16.5. The van der Waals surface area contributed by atoms with Crippen molar-refractivity contribution in [1.29, 1.82) is 0 Å². The van der Waals surface area contributed by atoms with E-state index in [2.05, 4.69) is 10.00 Å². The van der Waals surface area contributed by atoms with Crippen LogP contribution in [-0.2, 0) is 16.1 Å². The Bertz CT molecular complexity index is 600. The Kier molecular flexibility index (Phi) is 4.50. The van der Waals surface area contributed by atoms with Crippen LogP contribution in [0.15, 0.2) is 48.8 Å². The van der Waals surface area contributed by atoms with Crippen LogP contribution >= 0.6 is 0 Å². The van der Waals surface area contributed by atoms with Gasteiger partial charge in [-0.15, -0.1) is 0 Å². The second-order valence-corrected chi connectivity index (χ2v) is 5.43. The molecular formula is C16H20N4O2. The summed E-state index contributed by atoms with van der Waals surface area (Å²) < 4.78 is 7.64. The quantitative estimate of drug-likeness (QED) is 0.887. The fraction of sp³-hybridized carbons (Fsp3) is 0.375. The highest BCUT2D eigenvalue weighted by Crippen LogP contribution is 2.23. The fourth-order valence-electron chi connectivity index (χ4n) is 2.89. The Morgan fingerprint density at radius 2 is 2.18 bits per heavy atom. The first kappa shape index (κ1) is 14.7. The summed E-state index contributed by atoms with van der Waals surface area (Å²) in [6.07, 6.45) is 3.65. The van der Waals surface area contributed by atoms with Crippen molar-refractivity contribution in [2.24, 2.45) is 5.73 Å². The van der Waals surface area contributed by atoms with Crippen LogP contribution in [0.4, 0.5) is 0 Å². The average Bonchev–Trinajstić information content (AvgIpc) is 3.01. The van der Waals surface area contributed by atoms with Gasteiger partial charge in [0.05, 0.1) is 19.3 Å². The monoisotopic (exact) mass is 300 g/mol. The Morgan fingerprint density at radius 3 is 2.86 bits per heavy atom. The van der Waals surface area contributed by atoms with Gasteiger partial charge >= 0.3 is 0 Å². The van der Waals surface area contributed by atoms with Crippen LogP contribution in [0.25, 0.3) is 0 Å². The molecule has 0 unspecified atom stereocenters. The Hall–Kier alpha value is -2.18. The van der Waals surface area contributed by atoms with E-state index >= 15 is 0 Å². The SMILES string of the molecule is NC(=O)[C@H](c1ccccc1)N1CCO[C@H](Cn2cccn2)C1. The van der Waals surface area contributed by atoms with Crippen LogP contribution in [-0.4, -0.2) is 46.4 Å². The van der Waals surface area contributed by atoms with Crippen molar-refractivity contribution >= 4 is 5.91 Å². The van der Waals surface area contributed by atoms with Crippen LogP contribution in [0.2, 0.25) is 0 Å². The minimum atomic E-state index is -0.412. The average molecular weight is 300 g/mol. The van der Waals surface area contributed by atoms with Gasteiger partial charge in [0.1, 0.15) is 6.04 Å². The third kappa shape index (κ3) is 3.35. The summed E-state index contributed by atoms with van der Waals surface area (Å²) in [5.74, 6) is -0.328. The number of primary amides is 1. The van der Waals surface area contributed by atoms with Gasteiger partial charge in [-0.05, 0) is 11.6 Å². The molecule has 1 aromatic carbocycles. The van der Waals surface area contributed by atoms with E-state index in [1.54, 1.807) is 6.20 Å². The Labute approximate surface area is 129 Å². The molecule has 0 bridgehead atoms. The lowest BCUT2D eigenvalue weighted by Gasteiger charge is -2.37. The second-order valence-electron chi connectivity index (χ2n) is 5.43. The number of carbonyl (C=O) groups is 1. The van der Waals surface area contributed by atoms with Gasteiger partial charge in [0.25, 0.3) is 0 Å². The van der Waals surface area contributed by atoms with Gasteiger partial charge in [0, 0.05) is 25.5 Å². The highest BCUT2D eigenvalue weighted by Gasteiger charge is 2.31. The largest absolute Gasteiger partial charge is 0.374 e. The zero-order chi connectivity index (χ0) is 15.4. The zero-order valence-electron chi connectivity index (χ0n) is 12.3. The van der Waals surface area contributed by atoms with Crippen molar-refractivity contribution in [3.05, 3.63) is 54.4 Å². The molecule has 2 aromatic rings. The van der Waals surface area contributed by atoms with Crippen molar-refractivity contribution in [2.75, 3.05) is 19.7 Å². The summed E-state index contributed by atoms with van der Waals surface area (Å²) in [5, 5.41) is 4.20. The van der Waals surface area contributed by atoms with Gasteiger partial charge in [0.2, 0.25) is 5.91 Å². The van der Waals surface area contributed by atoms with E-state index in [-0.39, 0.29) is 12.0 Å². The van der Waals surface area contributed by atoms with Gasteiger partial charge in [-0.3, -0.25) is 14.4 Å². The standard InChI is InChI=1S/C16H20N4O2/c17-16(21)15(13-5-2-1-3-6-13)19-9-10-22-14(11-19)12-20-8-4-7-18-20/h1-8,14-15H,9-12H2,(H2,17,21)/t14-,15-/m0/s1. The highest BCUT2D eigenvalue weighted by molar-refractivity contribution is 5.81. The van der Waals surface area contributed by atoms with Gasteiger partial charge in [-0.1, -0.05) is 30.3 Å². The molecule has 1 amide bonds. The van der Waals surface area contributed by atoms with E-state index in [9.17, 15) is 4.79 Å².